The first-order valence-corrected chi connectivity index (χ1v) is 7.00. The van der Waals surface area contributed by atoms with Crippen molar-refractivity contribution < 1.29 is 4.52 Å². The zero-order chi connectivity index (χ0) is 14.5. The van der Waals surface area contributed by atoms with Gasteiger partial charge in [0, 0.05) is 18.5 Å². The number of hydrogen-bond acceptors (Lipinski definition) is 4. The maximum absolute atomic E-state index is 5.93. The summed E-state index contributed by atoms with van der Waals surface area (Å²) in [5.74, 6) is 1.38. The Morgan fingerprint density at radius 2 is 1.67 bits per heavy atom. The highest BCUT2D eigenvalue weighted by Gasteiger charge is 2.08. The van der Waals surface area contributed by atoms with Gasteiger partial charge in [0.25, 0.3) is 0 Å². The van der Waals surface area contributed by atoms with Gasteiger partial charge in [0.2, 0.25) is 5.89 Å². The van der Waals surface area contributed by atoms with Gasteiger partial charge in [-0.05, 0) is 23.6 Å². The first-order valence-electron chi connectivity index (χ1n) is 7.00. The lowest BCUT2D eigenvalue weighted by Gasteiger charge is -2.02. The molecule has 0 aliphatic carbocycles. The molecule has 1 heterocycles. The minimum atomic E-state index is 0.657. The summed E-state index contributed by atoms with van der Waals surface area (Å²) in [6, 6.07) is 18.0. The van der Waals surface area contributed by atoms with Gasteiger partial charge in [0.05, 0.1) is 0 Å². The van der Waals surface area contributed by atoms with Gasteiger partial charge in [0.15, 0.2) is 5.82 Å². The lowest BCUT2D eigenvalue weighted by molar-refractivity contribution is 0.374. The third kappa shape index (κ3) is 3.48. The monoisotopic (exact) mass is 279 g/mol. The molecule has 0 saturated heterocycles. The van der Waals surface area contributed by atoms with Gasteiger partial charge in [-0.15, -0.1) is 0 Å². The van der Waals surface area contributed by atoms with Gasteiger partial charge >= 0.3 is 0 Å². The second-order valence-electron chi connectivity index (χ2n) is 4.97. The second-order valence-corrected chi connectivity index (χ2v) is 4.97. The number of nitrogens with two attached hydrogens (primary N) is 1. The van der Waals surface area contributed by atoms with Crippen LogP contribution in [0.15, 0.2) is 59.1 Å². The van der Waals surface area contributed by atoms with E-state index < -0.39 is 0 Å². The van der Waals surface area contributed by atoms with E-state index in [1.165, 1.54) is 5.56 Å². The molecular weight excluding hydrogens is 262 g/mol. The summed E-state index contributed by atoms with van der Waals surface area (Å²) in [4.78, 5) is 4.43. The lowest BCUT2D eigenvalue weighted by atomic mass is 10.1. The summed E-state index contributed by atoms with van der Waals surface area (Å²) in [5.41, 5.74) is 9.02. The zero-order valence-electron chi connectivity index (χ0n) is 11.7. The van der Waals surface area contributed by atoms with E-state index in [2.05, 4.69) is 22.3 Å². The number of para-hydroxylation sites is 1. The van der Waals surface area contributed by atoms with E-state index in [9.17, 15) is 0 Å². The summed E-state index contributed by atoms with van der Waals surface area (Å²) < 4.78 is 5.30. The van der Waals surface area contributed by atoms with Crippen LogP contribution in [0.4, 0.5) is 5.69 Å². The molecule has 3 rings (SSSR count). The molecule has 0 fully saturated rings. The first kappa shape index (κ1) is 13.4. The molecule has 0 amide bonds. The number of hydrogen-bond donors (Lipinski definition) is 1. The largest absolute Gasteiger partial charge is 0.399 e. The van der Waals surface area contributed by atoms with Gasteiger partial charge in [-0.25, -0.2) is 0 Å². The van der Waals surface area contributed by atoms with Crippen molar-refractivity contribution in [2.75, 3.05) is 5.73 Å². The highest BCUT2D eigenvalue weighted by Crippen LogP contribution is 2.14. The molecule has 0 spiro atoms. The summed E-state index contributed by atoms with van der Waals surface area (Å²) >= 11 is 0. The number of nitrogen functional groups attached to an aromatic ring is 1. The summed E-state index contributed by atoms with van der Waals surface area (Å²) in [6.07, 6.45) is 2.20. The molecule has 2 N–H and O–H groups in total. The van der Waals surface area contributed by atoms with E-state index >= 15 is 0 Å². The fraction of sp³-hybridized carbons (Fsp3) is 0.176. The fourth-order valence-corrected chi connectivity index (χ4v) is 2.25. The molecule has 21 heavy (non-hydrogen) atoms. The molecule has 106 valence electrons. The van der Waals surface area contributed by atoms with E-state index in [4.69, 9.17) is 10.3 Å². The number of anilines is 1. The normalized spacial score (nSPS) is 10.7. The molecule has 0 saturated carbocycles. The van der Waals surface area contributed by atoms with Crippen LogP contribution in [-0.4, -0.2) is 10.1 Å². The molecule has 0 aliphatic heterocycles. The molecule has 0 radical (unpaired) electrons. The molecule has 4 heteroatoms. The Morgan fingerprint density at radius 3 is 2.48 bits per heavy atom. The summed E-state index contributed by atoms with van der Waals surface area (Å²) in [7, 11) is 0. The predicted octanol–water partition coefficient (Wildman–Crippen LogP) is 3.03. The van der Waals surface area contributed by atoms with Gasteiger partial charge in [-0.3, -0.25) is 0 Å². The molecule has 1 aromatic heterocycles. The Labute approximate surface area is 123 Å². The predicted molar refractivity (Wildman–Crippen MR) is 81.8 cm³/mol. The van der Waals surface area contributed by atoms with Gasteiger partial charge in [-0.1, -0.05) is 53.7 Å². The summed E-state index contributed by atoms with van der Waals surface area (Å²) in [6.45, 7) is 0. The molecule has 3 aromatic rings. The Balaban J connectivity index is 1.62. The summed E-state index contributed by atoms with van der Waals surface area (Å²) in [5, 5.41) is 4.03. The highest BCUT2D eigenvalue weighted by molar-refractivity contribution is 5.46. The smallest absolute Gasteiger partial charge is 0.226 e. The van der Waals surface area contributed by atoms with E-state index in [-0.39, 0.29) is 0 Å². The Bertz CT molecular complexity index is 707. The Morgan fingerprint density at radius 1 is 0.905 bits per heavy atom. The molecule has 4 nitrogen and oxygen atoms in total. The number of benzene rings is 2. The lowest BCUT2D eigenvalue weighted by Crippen LogP contribution is -1.97. The maximum atomic E-state index is 5.93. The van der Waals surface area contributed by atoms with Crippen molar-refractivity contribution in [3.63, 3.8) is 0 Å². The molecule has 0 unspecified atom stereocenters. The van der Waals surface area contributed by atoms with Crippen molar-refractivity contribution >= 4 is 5.69 Å². The first-order chi connectivity index (χ1) is 10.3. The minimum absolute atomic E-state index is 0.657. The van der Waals surface area contributed by atoms with Crippen molar-refractivity contribution in [3.8, 4) is 0 Å². The van der Waals surface area contributed by atoms with Crippen LogP contribution >= 0.6 is 0 Å². The van der Waals surface area contributed by atoms with Crippen molar-refractivity contribution in [1.29, 1.82) is 0 Å². The van der Waals surface area contributed by atoms with Crippen LogP contribution in [0.5, 0.6) is 0 Å². The Hall–Kier alpha value is -2.62. The van der Waals surface area contributed by atoms with Crippen LogP contribution < -0.4 is 5.73 Å². The van der Waals surface area contributed by atoms with Gasteiger partial charge in [0.1, 0.15) is 0 Å². The molecule has 0 atom stereocenters. The maximum Gasteiger partial charge on any atom is 0.226 e. The van der Waals surface area contributed by atoms with Crippen molar-refractivity contribution in [2.45, 2.75) is 19.3 Å². The van der Waals surface area contributed by atoms with E-state index in [0.29, 0.717) is 18.7 Å². The highest BCUT2D eigenvalue weighted by atomic mass is 16.5. The van der Waals surface area contributed by atoms with Crippen LogP contribution in [-0.2, 0) is 19.3 Å². The van der Waals surface area contributed by atoms with Crippen LogP contribution in [0.2, 0.25) is 0 Å². The Kier molecular flexibility index (Phi) is 3.96. The van der Waals surface area contributed by atoms with Gasteiger partial charge < -0.3 is 10.3 Å². The van der Waals surface area contributed by atoms with Crippen LogP contribution in [0.1, 0.15) is 22.8 Å². The molecule has 2 aromatic carbocycles. The average Bonchev–Trinajstić information content (AvgIpc) is 2.95. The van der Waals surface area contributed by atoms with Crippen molar-refractivity contribution in [1.82, 2.24) is 10.1 Å². The number of nitrogens with zero attached hydrogens (tertiary/aromatic N) is 2. The van der Waals surface area contributed by atoms with Crippen molar-refractivity contribution in [2.24, 2.45) is 0 Å². The van der Waals surface area contributed by atoms with E-state index in [0.717, 1.165) is 23.5 Å². The van der Waals surface area contributed by atoms with Crippen LogP contribution in [0.3, 0.4) is 0 Å². The fourth-order valence-electron chi connectivity index (χ4n) is 2.25. The topological polar surface area (TPSA) is 64.9 Å². The third-order valence-corrected chi connectivity index (χ3v) is 3.38. The van der Waals surface area contributed by atoms with Crippen LogP contribution in [0.25, 0.3) is 0 Å². The average molecular weight is 279 g/mol. The van der Waals surface area contributed by atoms with Gasteiger partial charge in [-0.2, -0.15) is 4.98 Å². The quantitative estimate of drug-likeness (QED) is 0.729. The molecule has 0 bridgehead atoms. The van der Waals surface area contributed by atoms with Crippen molar-refractivity contribution in [3.05, 3.63) is 77.4 Å². The molecule has 0 aliphatic rings. The third-order valence-electron chi connectivity index (χ3n) is 3.38. The van der Waals surface area contributed by atoms with Crippen LogP contribution in [0, 0.1) is 0 Å². The van der Waals surface area contributed by atoms with E-state index in [1.54, 1.807) is 0 Å². The zero-order valence-corrected chi connectivity index (χ0v) is 11.7. The molecular formula is C17H17N3O. The second kappa shape index (κ2) is 6.22. The minimum Gasteiger partial charge on any atom is -0.399 e. The van der Waals surface area contributed by atoms with E-state index in [1.807, 2.05) is 42.5 Å². The number of aryl methyl sites for hydroxylation is 2. The number of aromatic nitrogens is 2. The SMILES string of the molecule is Nc1ccccc1CCc1nc(Cc2ccccc2)no1. The standard InChI is InChI=1S/C17H17N3O/c18-15-9-5-4-8-14(15)10-11-17-19-16(20-21-17)12-13-6-2-1-3-7-13/h1-9H,10-12,18H2. The number of rotatable bonds is 5.